The molecule has 0 amide bonds. The highest BCUT2D eigenvalue weighted by Crippen LogP contribution is 2.39. The zero-order valence-corrected chi connectivity index (χ0v) is 16.6. The van der Waals surface area contributed by atoms with Crippen LogP contribution in [0.2, 0.25) is 0 Å². The lowest BCUT2D eigenvalue weighted by atomic mass is 9.73. The summed E-state index contributed by atoms with van der Waals surface area (Å²) in [5.41, 5.74) is 2.47. The number of aliphatic imine (C=N–C) groups is 1. The second-order valence-electron chi connectivity index (χ2n) is 6.80. The van der Waals surface area contributed by atoms with Gasteiger partial charge in [-0.1, -0.05) is 17.7 Å². The van der Waals surface area contributed by atoms with Crippen LogP contribution in [-0.2, 0) is 14.9 Å². The Bertz CT molecular complexity index is 584. The van der Waals surface area contributed by atoms with Gasteiger partial charge in [-0.05, 0) is 32.3 Å². The maximum absolute atomic E-state index is 5.68. The lowest BCUT2D eigenvalue weighted by Crippen LogP contribution is -2.48. The van der Waals surface area contributed by atoms with Gasteiger partial charge >= 0.3 is 0 Å². The van der Waals surface area contributed by atoms with Gasteiger partial charge in [0.05, 0.1) is 7.11 Å². The van der Waals surface area contributed by atoms with E-state index in [1.807, 2.05) is 0 Å². The molecule has 2 rings (SSSR count). The predicted octanol–water partition coefficient (Wildman–Crippen LogP) is 2.25. The van der Waals surface area contributed by atoms with Crippen molar-refractivity contribution in [3.8, 4) is 5.75 Å². The average Bonchev–Trinajstić information content (AvgIpc) is 2.68. The first-order chi connectivity index (χ1) is 12.6. The van der Waals surface area contributed by atoms with Crippen LogP contribution in [0.1, 0.15) is 30.4 Å². The van der Waals surface area contributed by atoms with E-state index in [1.165, 1.54) is 11.1 Å². The van der Waals surface area contributed by atoms with Crippen LogP contribution in [0.5, 0.6) is 5.75 Å². The molecule has 6 nitrogen and oxygen atoms in total. The fourth-order valence-corrected chi connectivity index (χ4v) is 3.44. The van der Waals surface area contributed by atoms with E-state index in [4.69, 9.17) is 14.2 Å². The zero-order valence-electron chi connectivity index (χ0n) is 16.6. The Morgan fingerprint density at radius 1 is 1.23 bits per heavy atom. The molecule has 0 saturated carbocycles. The first kappa shape index (κ1) is 20.5. The molecule has 1 saturated heterocycles. The standard InChI is InChI=1S/C20H33N3O3/c1-16-6-7-18(25-4)17(14-16)20(8-12-26-13-9-20)15-23-19(21-2)22-10-5-11-24-3/h6-7,14H,5,8-13,15H2,1-4H3,(H2,21,22,23). The first-order valence-corrected chi connectivity index (χ1v) is 9.31. The third kappa shape index (κ3) is 5.35. The Labute approximate surface area is 157 Å². The van der Waals surface area contributed by atoms with Crippen LogP contribution >= 0.6 is 0 Å². The fourth-order valence-electron chi connectivity index (χ4n) is 3.44. The molecule has 1 heterocycles. The van der Waals surface area contributed by atoms with E-state index >= 15 is 0 Å². The monoisotopic (exact) mass is 363 g/mol. The van der Waals surface area contributed by atoms with Crippen molar-refractivity contribution in [3.63, 3.8) is 0 Å². The Balaban J connectivity index is 2.13. The van der Waals surface area contributed by atoms with Crippen molar-refractivity contribution < 1.29 is 14.2 Å². The summed E-state index contributed by atoms with van der Waals surface area (Å²) in [4.78, 5) is 4.35. The number of methoxy groups -OCH3 is 2. The fraction of sp³-hybridized carbons (Fsp3) is 0.650. The van der Waals surface area contributed by atoms with Crippen LogP contribution in [0.4, 0.5) is 0 Å². The smallest absolute Gasteiger partial charge is 0.191 e. The molecular formula is C20H33N3O3. The quantitative estimate of drug-likeness (QED) is 0.421. The van der Waals surface area contributed by atoms with Crippen molar-refractivity contribution in [2.75, 3.05) is 54.2 Å². The molecular weight excluding hydrogens is 330 g/mol. The second-order valence-corrected chi connectivity index (χ2v) is 6.80. The van der Waals surface area contributed by atoms with E-state index in [0.717, 1.165) is 63.9 Å². The normalized spacial score (nSPS) is 17.0. The van der Waals surface area contributed by atoms with Gasteiger partial charge in [0.2, 0.25) is 0 Å². The van der Waals surface area contributed by atoms with Gasteiger partial charge in [0.1, 0.15) is 5.75 Å². The summed E-state index contributed by atoms with van der Waals surface area (Å²) in [6, 6.07) is 6.42. The third-order valence-corrected chi connectivity index (χ3v) is 5.01. The highest BCUT2D eigenvalue weighted by Gasteiger charge is 2.37. The van der Waals surface area contributed by atoms with Gasteiger partial charge in [0.15, 0.2) is 5.96 Å². The molecule has 0 bridgehead atoms. The van der Waals surface area contributed by atoms with Crippen molar-refractivity contribution in [1.82, 2.24) is 10.6 Å². The molecule has 0 aromatic heterocycles. The number of hydrogen-bond acceptors (Lipinski definition) is 4. The van der Waals surface area contributed by atoms with Gasteiger partial charge in [-0.2, -0.15) is 0 Å². The topological polar surface area (TPSA) is 64.1 Å². The van der Waals surface area contributed by atoms with Crippen molar-refractivity contribution in [1.29, 1.82) is 0 Å². The summed E-state index contributed by atoms with van der Waals surface area (Å²) in [7, 11) is 5.26. The molecule has 0 aliphatic carbocycles. The SMILES string of the molecule is CN=C(NCCCOC)NCC1(c2cc(C)ccc2OC)CCOCC1. The minimum atomic E-state index is -0.0280. The lowest BCUT2D eigenvalue weighted by Gasteiger charge is -2.39. The highest BCUT2D eigenvalue weighted by atomic mass is 16.5. The van der Waals surface area contributed by atoms with Gasteiger partial charge in [0.25, 0.3) is 0 Å². The molecule has 1 fully saturated rings. The molecule has 0 radical (unpaired) electrons. The lowest BCUT2D eigenvalue weighted by molar-refractivity contribution is 0.0505. The number of guanidine groups is 1. The molecule has 0 unspecified atom stereocenters. The molecule has 1 aromatic carbocycles. The van der Waals surface area contributed by atoms with Crippen molar-refractivity contribution >= 4 is 5.96 Å². The van der Waals surface area contributed by atoms with Crippen molar-refractivity contribution in [2.45, 2.75) is 31.6 Å². The summed E-state index contributed by atoms with van der Waals surface area (Å²) < 4.78 is 16.4. The van der Waals surface area contributed by atoms with Gasteiger partial charge in [-0.3, -0.25) is 4.99 Å². The van der Waals surface area contributed by atoms with Crippen LogP contribution in [0.3, 0.4) is 0 Å². The van der Waals surface area contributed by atoms with E-state index in [2.05, 4.69) is 40.7 Å². The molecule has 0 atom stereocenters. The van der Waals surface area contributed by atoms with E-state index in [-0.39, 0.29) is 5.41 Å². The maximum Gasteiger partial charge on any atom is 0.191 e. The zero-order chi connectivity index (χ0) is 18.8. The summed E-state index contributed by atoms with van der Waals surface area (Å²) >= 11 is 0. The number of ether oxygens (including phenoxy) is 3. The summed E-state index contributed by atoms with van der Waals surface area (Å²) in [6.45, 7) is 6.01. The molecule has 6 heteroatoms. The number of hydrogen-bond donors (Lipinski definition) is 2. The summed E-state index contributed by atoms with van der Waals surface area (Å²) in [6.07, 6.45) is 2.86. The molecule has 26 heavy (non-hydrogen) atoms. The maximum atomic E-state index is 5.68. The average molecular weight is 364 g/mol. The number of aryl methyl sites for hydroxylation is 1. The molecule has 2 N–H and O–H groups in total. The van der Waals surface area contributed by atoms with Gasteiger partial charge in [0, 0.05) is 58.0 Å². The van der Waals surface area contributed by atoms with Gasteiger partial charge in [-0.15, -0.1) is 0 Å². The Morgan fingerprint density at radius 2 is 2.00 bits per heavy atom. The van der Waals surface area contributed by atoms with Gasteiger partial charge < -0.3 is 24.8 Å². The predicted molar refractivity (Wildman–Crippen MR) is 105 cm³/mol. The van der Waals surface area contributed by atoms with Crippen molar-refractivity contribution in [3.05, 3.63) is 29.3 Å². The minimum absolute atomic E-state index is 0.0280. The van der Waals surface area contributed by atoms with E-state index < -0.39 is 0 Å². The number of benzene rings is 1. The van der Waals surface area contributed by atoms with E-state index in [1.54, 1.807) is 21.3 Å². The molecule has 1 aliphatic heterocycles. The Kier molecular flexibility index (Phi) is 8.19. The molecule has 1 aromatic rings. The van der Waals surface area contributed by atoms with Crippen LogP contribution in [0.25, 0.3) is 0 Å². The van der Waals surface area contributed by atoms with Gasteiger partial charge in [-0.25, -0.2) is 0 Å². The van der Waals surface area contributed by atoms with E-state index in [0.29, 0.717) is 0 Å². The number of nitrogens with zero attached hydrogens (tertiary/aromatic N) is 1. The summed E-state index contributed by atoms with van der Waals surface area (Å²) in [5, 5.41) is 6.86. The molecule has 146 valence electrons. The summed E-state index contributed by atoms with van der Waals surface area (Å²) in [5.74, 6) is 1.76. The Hall–Kier alpha value is -1.79. The Morgan fingerprint density at radius 3 is 2.65 bits per heavy atom. The number of rotatable bonds is 8. The van der Waals surface area contributed by atoms with Crippen LogP contribution in [-0.4, -0.2) is 60.1 Å². The first-order valence-electron chi connectivity index (χ1n) is 9.31. The minimum Gasteiger partial charge on any atom is -0.496 e. The highest BCUT2D eigenvalue weighted by molar-refractivity contribution is 5.79. The number of nitrogens with one attached hydrogen (secondary N) is 2. The van der Waals surface area contributed by atoms with Crippen molar-refractivity contribution in [2.24, 2.45) is 4.99 Å². The van der Waals surface area contributed by atoms with E-state index in [9.17, 15) is 0 Å². The second kappa shape index (κ2) is 10.4. The van der Waals surface area contributed by atoms with Crippen LogP contribution in [0, 0.1) is 6.92 Å². The third-order valence-electron chi connectivity index (χ3n) is 5.01. The molecule has 1 aliphatic rings. The largest absolute Gasteiger partial charge is 0.496 e. The molecule has 0 spiro atoms. The van der Waals surface area contributed by atoms with Crippen LogP contribution < -0.4 is 15.4 Å². The van der Waals surface area contributed by atoms with Crippen LogP contribution in [0.15, 0.2) is 23.2 Å².